The molecule has 0 unspecified atom stereocenters. The molecule has 0 fully saturated rings. The number of aliphatic hydroxyl groups is 1. The van der Waals surface area contributed by atoms with E-state index in [1.165, 1.54) is 0 Å². The van der Waals surface area contributed by atoms with Gasteiger partial charge in [-0.1, -0.05) is 30.3 Å². The first-order valence-corrected chi connectivity index (χ1v) is 8.86. The zero-order valence-corrected chi connectivity index (χ0v) is 15.4. The van der Waals surface area contributed by atoms with E-state index in [1.54, 1.807) is 0 Å². The minimum Gasteiger partial charge on any atom is -0.490 e. The molecule has 0 aliphatic heterocycles. The number of aromatic nitrogens is 2. The van der Waals surface area contributed by atoms with Gasteiger partial charge in [0.1, 0.15) is 5.69 Å². The zero-order chi connectivity index (χ0) is 18.7. The van der Waals surface area contributed by atoms with E-state index < -0.39 is 0 Å². The summed E-state index contributed by atoms with van der Waals surface area (Å²) in [6.07, 6.45) is 2.13. The summed E-state index contributed by atoms with van der Waals surface area (Å²) >= 11 is 0. The molecule has 2 aromatic heterocycles. The predicted octanol–water partition coefficient (Wildman–Crippen LogP) is 3.70. The minimum atomic E-state index is -0.232. The van der Waals surface area contributed by atoms with Crippen LogP contribution >= 0.6 is 0 Å². The van der Waals surface area contributed by atoms with Gasteiger partial charge in [-0.05, 0) is 38.0 Å². The quantitative estimate of drug-likeness (QED) is 0.659. The summed E-state index contributed by atoms with van der Waals surface area (Å²) in [5.74, 6) is 0.409. The third kappa shape index (κ3) is 3.48. The van der Waals surface area contributed by atoms with Crippen molar-refractivity contribution in [2.24, 2.45) is 0 Å². The molecule has 0 radical (unpaired) electrons. The highest BCUT2D eigenvalue weighted by molar-refractivity contribution is 5.97. The number of nitrogens with zero attached hydrogens (tertiary/aromatic N) is 2. The normalized spacial score (nSPS) is 12.3. The first-order chi connectivity index (χ1) is 12.5. The van der Waals surface area contributed by atoms with Crippen LogP contribution in [0.5, 0.6) is 5.75 Å². The van der Waals surface area contributed by atoms with E-state index >= 15 is 0 Å². The van der Waals surface area contributed by atoms with Gasteiger partial charge in [0, 0.05) is 18.5 Å². The second-order valence-electron chi connectivity index (χ2n) is 6.47. The van der Waals surface area contributed by atoms with Gasteiger partial charge in [-0.25, -0.2) is 4.98 Å². The van der Waals surface area contributed by atoms with Crippen LogP contribution in [0.25, 0.3) is 5.65 Å². The van der Waals surface area contributed by atoms with Crippen molar-refractivity contribution in [3.8, 4) is 5.75 Å². The van der Waals surface area contributed by atoms with E-state index in [0.29, 0.717) is 29.4 Å². The van der Waals surface area contributed by atoms with Gasteiger partial charge in [-0.2, -0.15) is 0 Å². The fraction of sp³-hybridized carbons (Fsp3) is 0.333. The molecule has 5 nitrogen and oxygen atoms in total. The maximum Gasteiger partial charge on any atom is 0.182 e. The van der Waals surface area contributed by atoms with Crippen LogP contribution in [0.4, 0.5) is 0 Å². The Morgan fingerprint density at radius 3 is 2.65 bits per heavy atom. The number of carbonyl (C=O) groups excluding carboxylic acids is 1. The highest BCUT2D eigenvalue weighted by atomic mass is 16.5. The molecule has 2 heterocycles. The van der Waals surface area contributed by atoms with Crippen LogP contribution in [-0.2, 0) is 0 Å². The monoisotopic (exact) mass is 352 g/mol. The Balaban J connectivity index is 1.99. The SMILES string of the molecule is CCOc1cc(C)cn2c(C(=O)C[C@@H](CO)c3ccccc3)c(C)nc12. The fourth-order valence-corrected chi connectivity index (χ4v) is 3.29. The third-order valence-electron chi connectivity index (χ3n) is 4.48. The second-order valence-corrected chi connectivity index (χ2v) is 6.47. The Morgan fingerprint density at radius 2 is 2.00 bits per heavy atom. The molecule has 5 heteroatoms. The highest BCUT2D eigenvalue weighted by Gasteiger charge is 2.23. The minimum absolute atomic E-state index is 0.0362. The predicted molar refractivity (Wildman–Crippen MR) is 101 cm³/mol. The van der Waals surface area contributed by atoms with Crippen molar-refractivity contribution in [1.82, 2.24) is 9.38 Å². The molecule has 1 aromatic carbocycles. The molecule has 0 aliphatic rings. The highest BCUT2D eigenvalue weighted by Crippen LogP contribution is 2.27. The van der Waals surface area contributed by atoms with Crippen LogP contribution in [-0.4, -0.2) is 33.5 Å². The van der Waals surface area contributed by atoms with Crippen molar-refractivity contribution < 1.29 is 14.6 Å². The molecule has 1 N–H and O–H groups in total. The number of hydrogen-bond donors (Lipinski definition) is 1. The van der Waals surface area contributed by atoms with Crippen molar-refractivity contribution >= 4 is 11.4 Å². The Hall–Kier alpha value is -2.66. The van der Waals surface area contributed by atoms with E-state index in [1.807, 2.05) is 67.8 Å². The number of aryl methyl sites for hydroxylation is 2. The summed E-state index contributed by atoms with van der Waals surface area (Å²) in [4.78, 5) is 17.6. The Labute approximate surface area is 153 Å². The van der Waals surface area contributed by atoms with Gasteiger partial charge in [0.25, 0.3) is 0 Å². The average Bonchev–Trinajstić information content (AvgIpc) is 2.96. The molecule has 0 aliphatic carbocycles. The number of carbonyl (C=O) groups is 1. The summed E-state index contributed by atoms with van der Waals surface area (Å²) in [5.41, 5.74) is 3.83. The number of fused-ring (bicyclic) bond motifs is 1. The Kier molecular flexibility index (Phi) is 5.38. The van der Waals surface area contributed by atoms with Crippen molar-refractivity contribution in [3.63, 3.8) is 0 Å². The Morgan fingerprint density at radius 1 is 1.27 bits per heavy atom. The molecule has 0 amide bonds. The number of imidazole rings is 1. The molecule has 1 atom stereocenters. The summed E-state index contributed by atoms with van der Waals surface area (Å²) in [6, 6.07) is 11.6. The molecular formula is C21H24N2O3. The van der Waals surface area contributed by atoms with Gasteiger partial charge in [0.2, 0.25) is 0 Å². The third-order valence-corrected chi connectivity index (χ3v) is 4.48. The molecule has 0 bridgehead atoms. The number of hydrogen-bond acceptors (Lipinski definition) is 4. The van der Waals surface area contributed by atoms with E-state index in [0.717, 1.165) is 11.1 Å². The molecule has 0 spiro atoms. The number of pyridine rings is 1. The van der Waals surface area contributed by atoms with Crippen molar-refractivity contribution in [2.45, 2.75) is 33.1 Å². The van der Waals surface area contributed by atoms with Crippen molar-refractivity contribution in [2.75, 3.05) is 13.2 Å². The topological polar surface area (TPSA) is 63.8 Å². The van der Waals surface area contributed by atoms with Gasteiger partial charge in [0.05, 0.1) is 18.9 Å². The lowest BCUT2D eigenvalue weighted by atomic mass is 9.93. The van der Waals surface area contributed by atoms with Gasteiger partial charge < -0.3 is 9.84 Å². The van der Waals surface area contributed by atoms with E-state index in [-0.39, 0.29) is 24.7 Å². The number of aliphatic hydroxyl groups excluding tert-OH is 1. The van der Waals surface area contributed by atoms with Gasteiger partial charge >= 0.3 is 0 Å². The number of rotatable bonds is 7. The number of Topliss-reactive ketones (excluding diaryl/α,β-unsaturated/α-hetero) is 1. The lowest BCUT2D eigenvalue weighted by Crippen LogP contribution is -2.14. The van der Waals surface area contributed by atoms with E-state index in [9.17, 15) is 9.90 Å². The maximum atomic E-state index is 13.1. The molecule has 3 aromatic rings. The summed E-state index contributed by atoms with van der Waals surface area (Å²) in [7, 11) is 0. The molecule has 0 saturated heterocycles. The maximum absolute atomic E-state index is 13.1. The lowest BCUT2D eigenvalue weighted by Gasteiger charge is -2.14. The standard InChI is InChI=1S/C21H24N2O3/c1-4-26-19-10-14(2)12-23-20(15(3)22-21(19)23)18(25)11-17(13-24)16-8-6-5-7-9-16/h5-10,12,17,24H,4,11,13H2,1-3H3/t17-/m0/s1. The van der Waals surface area contributed by atoms with E-state index in [2.05, 4.69) is 4.98 Å². The van der Waals surface area contributed by atoms with Crippen LogP contribution < -0.4 is 4.74 Å². The van der Waals surface area contributed by atoms with Crippen molar-refractivity contribution in [1.29, 1.82) is 0 Å². The van der Waals surface area contributed by atoms with Gasteiger partial charge in [-0.15, -0.1) is 0 Å². The van der Waals surface area contributed by atoms with Crippen LogP contribution in [0.2, 0.25) is 0 Å². The summed E-state index contributed by atoms with van der Waals surface area (Å²) in [5, 5.41) is 9.77. The van der Waals surface area contributed by atoms with Crippen LogP contribution in [0.3, 0.4) is 0 Å². The number of ether oxygens (including phenoxy) is 1. The number of ketones is 1. The summed E-state index contributed by atoms with van der Waals surface area (Å²) in [6.45, 7) is 6.18. The lowest BCUT2D eigenvalue weighted by molar-refractivity contribution is 0.0953. The van der Waals surface area contributed by atoms with Crippen molar-refractivity contribution in [3.05, 3.63) is 65.1 Å². The van der Waals surface area contributed by atoms with Crippen LogP contribution in [0, 0.1) is 13.8 Å². The number of benzene rings is 1. The smallest absolute Gasteiger partial charge is 0.182 e. The summed E-state index contributed by atoms with van der Waals surface area (Å²) < 4.78 is 7.50. The molecule has 136 valence electrons. The first-order valence-electron chi connectivity index (χ1n) is 8.86. The largest absolute Gasteiger partial charge is 0.490 e. The fourth-order valence-electron chi connectivity index (χ4n) is 3.29. The molecular weight excluding hydrogens is 328 g/mol. The van der Waals surface area contributed by atoms with Gasteiger partial charge in [0.15, 0.2) is 17.2 Å². The molecule has 26 heavy (non-hydrogen) atoms. The first kappa shape index (κ1) is 18.1. The molecule has 0 saturated carbocycles. The zero-order valence-electron chi connectivity index (χ0n) is 15.4. The average molecular weight is 352 g/mol. The van der Waals surface area contributed by atoms with Crippen LogP contribution in [0.1, 0.15) is 46.6 Å². The Bertz CT molecular complexity index is 916. The van der Waals surface area contributed by atoms with E-state index in [4.69, 9.17) is 4.74 Å². The molecule has 3 rings (SSSR count). The van der Waals surface area contributed by atoms with Gasteiger partial charge in [-0.3, -0.25) is 9.20 Å². The van der Waals surface area contributed by atoms with Crippen LogP contribution in [0.15, 0.2) is 42.6 Å². The second kappa shape index (κ2) is 7.70.